The highest BCUT2D eigenvalue weighted by molar-refractivity contribution is 7.27. The van der Waals surface area contributed by atoms with E-state index in [1.165, 1.54) is 112 Å². The first-order valence-electron chi connectivity index (χ1n) is 29.7. The van der Waals surface area contributed by atoms with E-state index < -0.39 is 0 Å². The summed E-state index contributed by atoms with van der Waals surface area (Å²) in [4.78, 5) is 12.0. The van der Waals surface area contributed by atoms with Crippen molar-refractivity contribution in [3.05, 3.63) is 301 Å². The molecule has 2 aliphatic rings. The Balaban J connectivity index is 0.991. The Labute approximate surface area is 504 Å². The molecule has 16 aromatic rings. The average Bonchev–Trinajstić information content (AvgIpc) is 1.55. The lowest BCUT2D eigenvalue weighted by Crippen LogP contribution is -2.09. The maximum atomic E-state index is 6.00. The van der Waals surface area contributed by atoms with Crippen LogP contribution in [0.15, 0.2) is 279 Å². The summed E-state index contributed by atoms with van der Waals surface area (Å²) in [5.74, 6) is 0.975. The Hall–Kier alpha value is -10.2. The van der Waals surface area contributed by atoms with Gasteiger partial charge in [-0.2, -0.15) is 0 Å². The van der Waals surface area contributed by atoms with Crippen molar-refractivity contribution in [2.75, 3.05) is 0 Å². The summed E-state index contributed by atoms with van der Waals surface area (Å²) < 4.78 is 10.0. The molecule has 4 nitrogen and oxygen atoms in total. The minimum absolute atomic E-state index is 0.118. The first kappa shape index (κ1) is 49.2. The fraction of sp³-hybridized carbons (Fsp3) is 0.0500. The van der Waals surface area contributed by atoms with Crippen LogP contribution in [0.2, 0.25) is 0 Å². The van der Waals surface area contributed by atoms with Crippen LogP contribution < -0.4 is 0 Å². The first-order chi connectivity index (χ1) is 42.6. The van der Waals surface area contributed by atoms with E-state index in [1.807, 2.05) is 22.7 Å². The Morgan fingerprint density at radius 3 is 1.78 bits per heavy atom. The molecule has 0 fully saturated rings. The molecular weight excluding hydrogens is 1080 g/mol. The quantitative estimate of drug-likeness (QED) is 0.152. The van der Waals surface area contributed by atoms with Gasteiger partial charge in [0.15, 0.2) is 0 Å². The van der Waals surface area contributed by atoms with Gasteiger partial charge in [0.1, 0.15) is 0 Å². The summed E-state index contributed by atoms with van der Waals surface area (Å²) in [6.07, 6.45) is 15.6. The van der Waals surface area contributed by atoms with Gasteiger partial charge in [-0.1, -0.05) is 206 Å². The van der Waals surface area contributed by atoms with Crippen LogP contribution in [0.25, 0.3) is 140 Å². The van der Waals surface area contributed by atoms with Crippen LogP contribution in [-0.4, -0.2) is 19.1 Å². The van der Waals surface area contributed by atoms with Gasteiger partial charge >= 0.3 is 0 Å². The van der Waals surface area contributed by atoms with E-state index in [4.69, 9.17) is 9.97 Å². The highest BCUT2D eigenvalue weighted by Crippen LogP contribution is 2.52. The second-order valence-corrected chi connectivity index (χ2v) is 25.2. The van der Waals surface area contributed by atoms with Gasteiger partial charge in [0, 0.05) is 95.7 Å². The van der Waals surface area contributed by atoms with Crippen molar-refractivity contribution in [2.45, 2.75) is 24.7 Å². The van der Waals surface area contributed by atoms with Crippen molar-refractivity contribution in [1.29, 1.82) is 0 Å². The molecule has 18 rings (SSSR count). The van der Waals surface area contributed by atoms with Crippen molar-refractivity contribution in [3.8, 4) is 34.0 Å². The summed E-state index contributed by atoms with van der Waals surface area (Å²) in [7, 11) is 0. The predicted octanol–water partition coefficient (Wildman–Crippen LogP) is 22.1. The van der Waals surface area contributed by atoms with Gasteiger partial charge in [-0.3, -0.25) is 4.57 Å². The minimum atomic E-state index is 0.118. The molecule has 0 saturated carbocycles. The number of fused-ring (bicyclic) bond motifs is 17. The molecule has 11 aromatic carbocycles. The zero-order valence-electron chi connectivity index (χ0n) is 46.7. The maximum absolute atomic E-state index is 6.00. The molecule has 5 heterocycles. The van der Waals surface area contributed by atoms with E-state index >= 15 is 0 Å². The van der Waals surface area contributed by atoms with E-state index in [0.29, 0.717) is 5.95 Å². The van der Waals surface area contributed by atoms with Crippen LogP contribution >= 0.6 is 22.7 Å². The fourth-order valence-corrected chi connectivity index (χ4v) is 16.6. The zero-order valence-corrected chi connectivity index (χ0v) is 48.4. The number of thiophene rings is 2. The Bertz CT molecular complexity index is 5540. The lowest BCUT2D eigenvalue weighted by molar-refractivity contribution is 0.854. The molecule has 2 aliphatic carbocycles. The minimum Gasteiger partial charge on any atom is -0.309 e. The second-order valence-electron chi connectivity index (χ2n) is 23.1. The van der Waals surface area contributed by atoms with E-state index in [2.05, 4.69) is 288 Å². The maximum Gasteiger partial charge on any atom is 0.235 e. The molecule has 2 unspecified atom stereocenters. The summed E-state index contributed by atoms with van der Waals surface area (Å²) in [5.41, 5.74) is 16.9. The van der Waals surface area contributed by atoms with Crippen LogP contribution in [0, 0.1) is 0 Å². The molecule has 0 radical (unpaired) electrons. The highest BCUT2D eigenvalue weighted by atomic mass is 32.1. The van der Waals surface area contributed by atoms with Crippen LogP contribution in [0.1, 0.15) is 47.1 Å². The number of allylic oxidation sites excluding steroid dienone is 8. The molecule has 0 bridgehead atoms. The third-order valence-corrected chi connectivity index (χ3v) is 20.5. The third kappa shape index (κ3) is 7.80. The number of hydrogen-bond acceptors (Lipinski definition) is 4. The van der Waals surface area contributed by atoms with Crippen molar-refractivity contribution < 1.29 is 0 Å². The monoisotopic (exact) mass is 1130 g/mol. The van der Waals surface area contributed by atoms with Gasteiger partial charge in [0.25, 0.3) is 0 Å². The van der Waals surface area contributed by atoms with Crippen LogP contribution in [0.4, 0.5) is 0 Å². The molecule has 0 spiro atoms. The molecule has 2 atom stereocenters. The van der Waals surface area contributed by atoms with Crippen LogP contribution in [0.3, 0.4) is 0 Å². The summed E-state index contributed by atoms with van der Waals surface area (Å²) in [6, 6.07) is 89.7. The number of nitrogens with zero attached hydrogens (tertiary/aromatic N) is 4. The van der Waals surface area contributed by atoms with Gasteiger partial charge in [0.2, 0.25) is 5.95 Å². The first-order valence-corrected chi connectivity index (χ1v) is 31.4. The Kier molecular flexibility index (Phi) is 11.3. The van der Waals surface area contributed by atoms with Crippen LogP contribution in [0.5, 0.6) is 0 Å². The van der Waals surface area contributed by atoms with Gasteiger partial charge in [-0.05, 0) is 125 Å². The SMILES string of the molecule is C1=CCC(c2cc(-c3ccccc3)cc(-c3cc(C4=CC(c5ccccc5)=CC(c5ccccc5)C4)nc(-n4c5ccc(-n6c7ccccc7c7ccccc76)cc5c5c6sc7ccccc7c6c6c(ccc7sc8ccccc8c76)c54)n3)c2)C=C1. The van der Waals surface area contributed by atoms with Gasteiger partial charge in [-0.15, -0.1) is 22.7 Å². The number of benzene rings is 11. The smallest absolute Gasteiger partial charge is 0.235 e. The molecule has 5 aromatic heterocycles. The lowest BCUT2D eigenvalue weighted by Gasteiger charge is -2.23. The molecule has 0 aliphatic heterocycles. The average molecular weight is 1130 g/mol. The Morgan fingerprint density at radius 2 is 1.03 bits per heavy atom. The molecule has 404 valence electrons. The Morgan fingerprint density at radius 1 is 0.395 bits per heavy atom. The normalized spacial score (nSPS) is 15.4. The van der Waals surface area contributed by atoms with Gasteiger partial charge < -0.3 is 4.57 Å². The fourth-order valence-electron chi connectivity index (χ4n) is 14.3. The molecule has 0 N–H and O–H groups in total. The van der Waals surface area contributed by atoms with Gasteiger partial charge in [-0.25, -0.2) is 9.97 Å². The summed E-state index contributed by atoms with van der Waals surface area (Å²) in [6.45, 7) is 0. The van der Waals surface area contributed by atoms with Crippen molar-refractivity contribution in [2.24, 2.45) is 0 Å². The van der Waals surface area contributed by atoms with Crippen LogP contribution in [-0.2, 0) is 0 Å². The predicted molar refractivity (Wildman–Crippen MR) is 367 cm³/mol. The van der Waals surface area contributed by atoms with E-state index in [9.17, 15) is 0 Å². The number of aromatic nitrogens is 4. The number of rotatable bonds is 8. The molecule has 0 amide bonds. The van der Waals surface area contributed by atoms with E-state index in [1.54, 1.807) is 0 Å². The standard InChI is InChI=1S/C80H52N4S2/c1-5-21-49(22-6-1)53-41-54(50-23-7-2-8-24-50)44-57(43-53)66-48-67(58-45-55(51-25-9-3-10-26-51)42-56(46-58)52-27-11-4-12-28-52)82-80(81-66)84-70-39-37-59(83-68-33-17-13-29-60(68)61-30-14-18-34-69(61)83)47-65(70)77-78(84)64-38-40-73-74(62-31-15-19-35-71(62)85-73)75(64)76-63-32-16-20-36-72(63)86-79(76)77/h1-27,29-43,45-48,52,54H,28,44H2. The van der Waals surface area contributed by atoms with E-state index in [-0.39, 0.29) is 11.8 Å². The number of hydrogen-bond donors (Lipinski definition) is 0. The summed E-state index contributed by atoms with van der Waals surface area (Å²) in [5, 5.41) is 12.5. The lowest BCUT2D eigenvalue weighted by atomic mass is 9.82. The van der Waals surface area contributed by atoms with E-state index in [0.717, 1.165) is 57.5 Å². The highest BCUT2D eigenvalue weighted by Gasteiger charge is 2.28. The van der Waals surface area contributed by atoms with Gasteiger partial charge in [0.05, 0.1) is 33.5 Å². The molecular formula is C80H52N4S2. The molecule has 6 heteroatoms. The topological polar surface area (TPSA) is 35.6 Å². The second kappa shape index (κ2) is 19.7. The molecule has 0 saturated heterocycles. The van der Waals surface area contributed by atoms with Crippen molar-refractivity contribution in [3.63, 3.8) is 0 Å². The number of para-hydroxylation sites is 2. The van der Waals surface area contributed by atoms with Crippen molar-refractivity contribution in [1.82, 2.24) is 19.1 Å². The third-order valence-electron chi connectivity index (χ3n) is 18.2. The zero-order chi connectivity index (χ0) is 56.4. The molecule has 86 heavy (non-hydrogen) atoms. The van der Waals surface area contributed by atoms with Crippen molar-refractivity contribution >= 4 is 129 Å². The summed E-state index contributed by atoms with van der Waals surface area (Å²) >= 11 is 3.79. The largest absolute Gasteiger partial charge is 0.309 e.